The molecule has 0 heterocycles. The Morgan fingerprint density at radius 2 is 1.35 bits per heavy atom. The summed E-state index contributed by atoms with van der Waals surface area (Å²) in [6.07, 6.45) is -1.65. The number of carbonyl (C=O) groups is 6. The highest BCUT2D eigenvalue weighted by molar-refractivity contribution is 7.80. The van der Waals surface area contributed by atoms with Crippen LogP contribution in [-0.4, -0.2) is 75.7 Å². The molecule has 0 aliphatic heterocycles. The van der Waals surface area contributed by atoms with Crippen molar-refractivity contribution in [1.29, 1.82) is 0 Å². The van der Waals surface area contributed by atoms with E-state index >= 15 is 0 Å². The molecule has 0 bridgehead atoms. The maximum Gasteiger partial charge on any atom is 0.326 e. The number of carboxylic acids is 2. The van der Waals surface area contributed by atoms with Gasteiger partial charge < -0.3 is 37.6 Å². The van der Waals surface area contributed by atoms with Crippen LogP contribution in [0, 0.1) is 0 Å². The minimum atomic E-state index is -1.81. The van der Waals surface area contributed by atoms with E-state index in [1.165, 1.54) is 0 Å². The summed E-state index contributed by atoms with van der Waals surface area (Å²) < 4.78 is 0. The Morgan fingerprint density at radius 1 is 0.824 bits per heavy atom. The molecule has 4 amide bonds. The first-order valence-electron chi connectivity index (χ1n) is 9.99. The predicted octanol–water partition coefficient (Wildman–Crippen LogP) is -2.62. The van der Waals surface area contributed by atoms with Crippen LogP contribution in [0.3, 0.4) is 0 Å². The van der Waals surface area contributed by atoms with Crippen LogP contribution in [0.25, 0.3) is 0 Å². The molecule has 4 unspecified atom stereocenters. The van der Waals surface area contributed by atoms with Crippen molar-refractivity contribution >= 4 is 48.2 Å². The minimum Gasteiger partial charge on any atom is -0.481 e. The molecule has 1 rings (SSSR count). The van der Waals surface area contributed by atoms with Gasteiger partial charge in [0.2, 0.25) is 23.6 Å². The molecule has 13 nitrogen and oxygen atoms in total. The van der Waals surface area contributed by atoms with Gasteiger partial charge in [-0.1, -0.05) is 30.3 Å². The quantitative estimate of drug-likeness (QED) is 0.125. The van der Waals surface area contributed by atoms with E-state index in [-0.39, 0.29) is 12.2 Å². The molecule has 14 heteroatoms. The molecule has 0 aliphatic rings. The fourth-order valence-corrected chi connectivity index (χ4v) is 2.92. The summed E-state index contributed by atoms with van der Waals surface area (Å²) in [6, 6.07) is 2.87. The molecule has 0 saturated carbocycles. The Hall–Kier alpha value is -3.65. The molecule has 9 N–H and O–H groups in total. The van der Waals surface area contributed by atoms with Crippen molar-refractivity contribution in [3.05, 3.63) is 35.9 Å². The summed E-state index contributed by atoms with van der Waals surface area (Å²) in [5.41, 5.74) is 11.4. The van der Waals surface area contributed by atoms with Crippen LogP contribution in [0.1, 0.15) is 18.4 Å². The van der Waals surface area contributed by atoms with Crippen molar-refractivity contribution in [3.8, 4) is 0 Å². The molecule has 0 aliphatic carbocycles. The fraction of sp³-hybridized carbons (Fsp3) is 0.400. The minimum absolute atomic E-state index is 0.000615. The molecule has 34 heavy (non-hydrogen) atoms. The number of amides is 4. The maximum absolute atomic E-state index is 13.0. The molecule has 0 radical (unpaired) electrons. The van der Waals surface area contributed by atoms with Gasteiger partial charge in [0.25, 0.3) is 0 Å². The number of rotatable bonds is 14. The fourth-order valence-electron chi connectivity index (χ4n) is 2.75. The monoisotopic (exact) mass is 497 g/mol. The summed E-state index contributed by atoms with van der Waals surface area (Å²) >= 11 is 3.94. The Kier molecular flexibility index (Phi) is 11.5. The highest BCUT2D eigenvalue weighted by Crippen LogP contribution is 2.06. The van der Waals surface area contributed by atoms with E-state index in [1.54, 1.807) is 30.3 Å². The summed E-state index contributed by atoms with van der Waals surface area (Å²) in [5, 5.41) is 24.6. The number of primary amides is 1. The summed E-state index contributed by atoms with van der Waals surface area (Å²) in [5.74, 6) is -6.82. The molecular formula is C20H27N5O8S. The maximum atomic E-state index is 13.0. The van der Waals surface area contributed by atoms with Gasteiger partial charge in [-0.25, -0.2) is 4.79 Å². The van der Waals surface area contributed by atoms with Crippen LogP contribution in [0.2, 0.25) is 0 Å². The van der Waals surface area contributed by atoms with Crippen LogP contribution in [0.15, 0.2) is 30.3 Å². The Bertz CT molecular complexity index is 913. The number of hydrogen-bond acceptors (Lipinski definition) is 8. The molecule has 0 fully saturated rings. The summed E-state index contributed by atoms with van der Waals surface area (Å²) in [7, 11) is 0. The van der Waals surface area contributed by atoms with Crippen LogP contribution < -0.4 is 27.4 Å². The van der Waals surface area contributed by atoms with Crippen LogP contribution >= 0.6 is 12.6 Å². The third-order valence-corrected chi connectivity index (χ3v) is 4.87. The summed E-state index contributed by atoms with van der Waals surface area (Å²) in [6.45, 7) is 0. The third-order valence-electron chi connectivity index (χ3n) is 4.48. The topological polar surface area (TPSA) is 231 Å². The van der Waals surface area contributed by atoms with E-state index in [0.717, 1.165) is 0 Å². The van der Waals surface area contributed by atoms with E-state index in [0.29, 0.717) is 5.56 Å². The normalized spacial score (nSPS) is 14.1. The number of benzene rings is 1. The number of nitrogens with two attached hydrogens (primary N) is 2. The first kappa shape index (κ1) is 28.4. The molecule has 0 aromatic heterocycles. The Balaban J connectivity index is 3.09. The first-order chi connectivity index (χ1) is 15.9. The Morgan fingerprint density at radius 3 is 1.85 bits per heavy atom. The van der Waals surface area contributed by atoms with E-state index in [4.69, 9.17) is 21.7 Å². The van der Waals surface area contributed by atoms with Crippen LogP contribution in [-0.2, 0) is 35.2 Å². The Labute approximate surface area is 200 Å². The van der Waals surface area contributed by atoms with Gasteiger partial charge in [-0.2, -0.15) is 12.6 Å². The predicted molar refractivity (Wildman–Crippen MR) is 121 cm³/mol. The average Bonchev–Trinajstić information content (AvgIpc) is 2.76. The van der Waals surface area contributed by atoms with Crippen molar-refractivity contribution in [2.45, 2.75) is 43.4 Å². The lowest BCUT2D eigenvalue weighted by molar-refractivity contribution is -0.147. The second-order valence-corrected chi connectivity index (χ2v) is 7.63. The van der Waals surface area contributed by atoms with Crippen molar-refractivity contribution in [1.82, 2.24) is 16.0 Å². The second kappa shape index (κ2) is 13.8. The smallest absolute Gasteiger partial charge is 0.326 e. The lowest BCUT2D eigenvalue weighted by Crippen LogP contribution is -2.58. The van der Waals surface area contributed by atoms with Crippen molar-refractivity contribution in [2.75, 3.05) is 5.75 Å². The van der Waals surface area contributed by atoms with Crippen molar-refractivity contribution in [2.24, 2.45) is 11.5 Å². The van der Waals surface area contributed by atoms with E-state index in [2.05, 4.69) is 23.3 Å². The van der Waals surface area contributed by atoms with Gasteiger partial charge >= 0.3 is 11.9 Å². The van der Waals surface area contributed by atoms with Crippen LogP contribution in [0.5, 0.6) is 0 Å². The van der Waals surface area contributed by atoms with Crippen molar-refractivity contribution in [3.63, 3.8) is 0 Å². The number of carbonyl (C=O) groups excluding carboxylic acids is 4. The SMILES string of the molecule is NC(=O)CC(NC(=O)C(Cc1ccccc1)NC(=O)C(N)CS)C(=O)NC(CC(=O)O)C(=O)O. The largest absolute Gasteiger partial charge is 0.481 e. The molecule has 1 aromatic carbocycles. The number of thiol groups is 1. The molecule has 4 atom stereocenters. The van der Waals surface area contributed by atoms with Gasteiger partial charge in [-0.05, 0) is 5.56 Å². The summed E-state index contributed by atoms with van der Waals surface area (Å²) in [4.78, 5) is 71.3. The molecule has 0 spiro atoms. The van der Waals surface area contributed by atoms with Gasteiger partial charge in [0, 0.05) is 12.2 Å². The van der Waals surface area contributed by atoms with E-state index < -0.39 is 72.6 Å². The van der Waals surface area contributed by atoms with Gasteiger partial charge in [-0.15, -0.1) is 0 Å². The molecular weight excluding hydrogens is 470 g/mol. The second-order valence-electron chi connectivity index (χ2n) is 7.27. The zero-order valence-corrected chi connectivity index (χ0v) is 18.9. The molecule has 0 saturated heterocycles. The van der Waals surface area contributed by atoms with E-state index in [9.17, 15) is 28.8 Å². The number of nitrogens with one attached hydrogen (secondary N) is 3. The van der Waals surface area contributed by atoms with E-state index in [1.807, 2.05) is 5.32 Å². The highest BCUT2D eigenvalue weighted by Gasteiger charge is 2.32. The zero-order valence-electron chi connectivity index (χ0n) is 18.0. The van der Waals surface area contributed by atoms with Crippen LogP contribution in [0.4, 0.5) is 0 Å². The van der Waals surface area contributed by atoms with Gasteiger partial charge in [0.05, 0.1) is 18.9 Å². The lowest BCUT2D eigenvalue weighted by atomic mass is 10.0. The standard InChI is InChI=1S/C20H27N5O8S/c21-11(9-34)17(29)23-12(6-10-4-2-1-3-5-10)18(30)24-13(7-15(22)26)19(31)25-14(20(32)33)8-16(27)28/h1-5,11-14,34H,6-9,21H2,(H2,22,26)(H,23,29)(H,24,30)(H,25,31)(H,27,28)(H,32,33). The lowest BCUT2D eigenvalue weighted by Gasteiger charge is -2.24. The van der Waals surface area contributed by atoms with Gasteiger partial charge in [0.1, 0.15) is 18.1 Å². The number of carboxylic acid groups (broad SMARTS) is 2. The average molecular weight is 498 g/mol. The molecule has 1 aromatic rings. The van der Waals surface area contributed by atoms with Gasteiger partial charge in [0.15, 0.2) is 0 Å². The first-order valence-corrected chi connectivity index (χ1v) is 10.6. The molecule has 186 valence electrons. The number of hydrogen-bond donors (Lipinski definition) is 8. The zero-order chi connectivity index (χ0) is 25.8. The number of aliphatic carboxylic acids is 2. The van der Waals surface area contributed by atoms with Gasteiger partial charge in [-0.3, -0.25) is 24.0 Å². The van der Waals surface area contributed by atoms with Crippen molar-refractivity contribution < 1.29 is 39.0 Å². The highest BCUT2D eigenvalue weighted by atomic mass is 32.1. The third kappa shape index (κ3) is 9.87.